The molecule has 178 valence electrons. The number of nitrogens with zero attached hydrogens (tertiary/aromatic N) is 3. The lowest BCUT2D eigenvalue weighted by Gasteiger charge is -2.30. The summed E-state index contributed by atoms with van der Waals surface area (Å²) in [5.74, 6) is 1.39. The molecule has 7 heteroatoms. The Balaban J connectivity index is 0.000000556. The van der Waals surface area contributed by atoms with Crippen molar-refractivity contribution in [2.75, 3.05) is 25.5 Å². The molecule has 1 aliphatic rings. The summed E-state index contributed by atoms with van der Waals surface area (Å²) < 4.78 is 7.08. The van der Waals surface area contributed by atoms with Crippen LogP contribution in [0.15, 0.2) is 37.6 Å². The second-order valence-corrected chi connectivity index (χ2v) is 7.82. The van der Waals surface area contributed by atoms with Gasteiger partial charge in [0.1, 0.15) is 17.2 Å². The molecule has 1 fully saturated rings. The van der Waals surface area contributed by atoms with E-state index in [0.717, 1.165) is 18.8 Å². The molecule has 32 heavy (non-hydrogen) atoms. The van der Waals surface area contributed by atoms with Crippen LogP contribution in [0.2, 0.25) is 0 Å². The van der Waals surface area contributed by atoms with E-state index in [9.17, 15) is 9.59 Å². The lowest BCUT2D eigenvalue weighted by molar-refractivity contribution is -0.115. The Hall–Kier alpha value is -2.67. The van der Waals surface area contributed by atoms with E-state index in [1.54, 1.807) is 30.7 Å². The van der Waals surface area contributed by atoms with Gasteiger partial charge in [0.25, 0.3) is 5.91 Å². The van der Waals surface area contributed by atoms with E-state index in [2.05, 4.69) is 44.2 Å². The van der Waals surface area contributed by atoms with E-state index in [1.165, 1.54) is 12.8 Å². The first-order valence-electron chi connectivity index (χ1n) is 11.5. The number of hydrogen-bond acceptors (Lipinski definition) is 4. The number of imidazole rings is 1. The van der Waals surface area contributed by atoms with Crippen molar-refractivity contribution in [3.05, 3.63) is 43.2 Å². The molecular weight excluding hydrogens is 404 g/mol. The largest absolute Gasteiger partial charge is 0.381 e. The number of pyridine rings is 1. The molecule has 0 atom stereocenters. The summed E-state index contributed by atoms with van der Waals surface area (Å²) in [5, 5.41) is 2.82. The normalized spacial score (nSPS) is 13.8. The minimum Gasteiger partial charge on any atom is -0.381 e. The van der Waals surface area contributed by atoms with E-state index in [0.29, 0.717) is 36.7 Å². The number of methoxy groups -OCH3 is 1. The van der Waals surface area contributed by atoms with Gasteiger partial charge >= 0.3 is 0 Å². The van der Waals surface area contributed by atoms with Crippen LogP contribution in [0.25, 0.3) is 5.65 Å². The fourth-order valence-corrected chi connectivity index (χ4v) is 3.19. The number of piperidine rings is 1. The standard InChI is InChI=1S/C17H22N4O3.C6H14.C2H4/c1-3-16(22)19-15-6-4-5-14-18-13(11-21(14)15)17(23)20-9-7-12(24-2)8-10-20;1-4-6(3)5-2;1-2/h4-6,11-12H,3,7-10H2,1-2H3,(H,19,22);6H,4-5H2,1-3H3;1-2H2. The van der Waals surface area contributed by atoms with Crippen LogP contribution >= 0.6 is 0 Å². The minimum absolute atomic E-state index is 0.0780. The van der Waals surface area contributed by atoms with Crippen LogP contribution in [0, 0.1) is 5.92 Å². The molecule has 7 nitrogen and oxygen atoms in total. The number of aromatic nitrogens is 2. The molecule has 2 amide bonds. The molecule has 2 aromatic rings. The maximum atomic E-state index is 12.7. The van der Waals surface area contributed by atoms with Crippen LogP contribution in [0.5, 0.6) is 0 Å². The van der Waals surface area contributed by atoms with Gasteiger partial charge in [-0.1, -0.05) is 46.6 Å². The van der Waals surface area contributed by atoms with Gasteiger partial charge in [0.2, 0.25) is 5.91 Å². The van der Waals surface area contributed by atoms with Crippen LogP contribution in [-0.4, -0.2) is 52.4 Å². The van der Waals surface area contributed by atoms with E-state index in [4.69, 9.17) is 4.74 Å². The molecule has 0 aliphatic carbocycles. The number of hydrogen-bond donors (Lipinski definition) is 1. The highest BCUT2D eigenvalue weighted by atomic mass is 16.5. The highest BCUT2D eigenvalue weighted by Gasteiger charge is 2.25. The molecule has 0 bridgehead atoms. The second-order valence-electron chi connectivity index (χ2n) is 7.82. The summed E-state index contributed by atoms with van der Waals surface area (Å²) >= 11 is 0. The molecule has 0 unspecified atom stereocenters. The summed E-state index contributed by atoms with van der Waals surface area (Å²) in [7, 11) is 1.70. The summed E-state index contributed by atoms with van der Waals surface area (Å²) in [6.07, 6.45) is 6.65. The highest BCUT2D eigenvalue weighted by Crippen LogP contribution is 2.18. The minimum atomic E-state index is -0.0824. The van der Waals surface area contributed by atoms with Gasteiger partial charge in [-0.2, -0.15) is 0 Å². The molecule has 0 saturated carbocycles. The molecule has 1 aliphatic heterocycles. The second kappa shape index (κ2) is 14.4. The molecule has 0 radical (unpaired) electrons. The van der Waals surface area contributed by atoms with Crippen LogP contribution in [0.3, 0.4) is 0 Å². The third-order valence-electron chi connectivity index (χ3n) is 5.76. The summed E-state index contributed by atoms with van der Waals surface area (Å²) in [6, 6.07) is 5.42. The maximum absolute atomic E-state index is 12.7. The third-order valence-corrected chi connectivity index (χ3v) is 5.76. The molecule has 0 spiro atoms. The Bertz CT molecular complexity index is 837. The molecule has 1 saturated heterocycles. The van der Waals surface area contributed by atoms with Crippen molar-refractivity contribution in [3.63, 3.8) is 0 Å². The van der Waals surface area contributed by atoms with Gasteiger partial charge in [-0.15, -0.1) is 13.2 Å². The van der Waals surface area contributed by atoms with Crippen molar-refractivity contribution in [1.82, 2.24) is 14.3 Å². The van der Waals surface area contributed by atoms with Crippen molar-refractivity contribution in [1.29, 1.82) is 0 Å². The van der Waals surface area contributed by atoms with Crippen molar-refractivity contribution < 1.29 is 14.3 Å². The zero-order valence-corrected chi connectivity index (χ0v) is 20.4. The summed E-state index contributed by atoms with van der Waals surface area (Å²) in [5.41, 5.74) is 1.03. The van der Waals surface area contributed by atoms with Gasteiger partial charge in [0.15, 0.2) is 0 Å². The SMILES string of the molecule is C=C.CCC(=O)Nc1cccc2nc(C(=O)N3CCC(OC)CC3)cn12.CCC(C)CC. The highest BCUT2D eigenvalue weighted by molar-refractivity contribution is 5.94. The van der Waals surface area contributed by atoms with Crippen LogP contribution in [0.4, 0.5) is 5.82 Å². The first-order valence-corrected chi connectivity index (χ1v) is 11.5. The fraction of sp³-hybridized carbons (Fsp3) is 0.560. The van der Waals surface area contributed by atoms with Gasteiger partial charge in [-0.25, -0.2) is 4.98 Å². The number of carbonyl (C=O) groups is 2. The lowest BCUT2D eigenvalue weighted by atomic mass is 10.1. The predicted octanol–water partition coefficient (Wildman–Crippen LogP) is 5.18. The van der Waals surface area contributed by atoms with Crippen molar-refractivity contribution in [2.45, 2.75) is 65.9 Å². The smallest absolute Gasteiger partial charge is 0.274 e. The fourth-order valence-electron chi connectivity index (χ4n) is 3.19. The quantitative estimate of drug-likeness (QED) is 0.623. The predicted molar refractivity (Wildman–Crippen MR) is 131 cm³/mol. The topological polar surface area (TPSA) is 75.9 Å². The number of fused-ring (bicyclic) bond motifs is 1. The number of likely N-dealkylation sites (tertiary alicyclic amines) is 1. The Morgan fingerprint density at radius 2 is 1.81 bits per heavy atom. The number of anilines is 1. The van der Waals surface area contributed by atoms with Gasteiger partial charge in [0, 0.05) is 32.8 Å². The Morgan fingerprint density at radius 3 is 2.31 bits per heavy atom. The van der Waals surface area contributed by atoms with Crippen LogP contribution < -0.4 is 5.32 Å². The average molecular weight is 445 g/mol. The van der Waals surface area contributed by atoms with E-state index < -0.39 is 0 Å². The van der Waals surface area contributed by atoms with Gasteiger partial charge < -0.3 is 15.0 Å². The number of amides is 2. The summed E-state index contributed by atoms with van der Waals surface area (Å²) in [4.78, 5) is 30.5. The number of ether oxygens (including phenoxy) is 1. The third kappa shape index (κ3) is 7.79. The van der Waals surface area contributed by atoms with Crippen molar-refractivity contribution in [3.8, 4) is 0 Å². The number of carbonyl (C=O) groups excluding carboxylic acids is 2. The lowest BCUT2D eigenvalue weighted by Crippen LogP contribution is -2.40. The first kappa shape index (κ1) is 27.4. The van der Waals surface area contributed by atoms with Crippen LogP contribution in [0.1, 0.15) is 70.3 Å². The zero-order valence-electron chi connectivity index (χ0n) is 20.4. The van der Waals surface area contributed by atoms with Crippen LogP contribution in [-0.2, 0) is 9.53 Å². The van der Waals surface area contributed by atoms with Gasteiger partial charge in [0.05, 0.1) is 6.10 Å². The van der Waals surface area contributed by atoms with E-state index in [1.807, 2.05) is 17.0 Å². The van der Waals surface area contributed by atoms with Crippen molar-refractivity contribution in [2.24, 2.45) is 5.92 Å². The Morgan fingerprint density at radius 1 is 1.19 bits per heavy atom. The maximum Gasteiger partial charge on any atom is 0.274 e. The number of nitrogens with one attached hydrogen (secondary N) is 1. The Kier molecular flexibility index (Phi) is 12.3. The molecule has 2 aromatic heterocycles. The van der Waals surface area contributed by atoms with E-state index in [-0.39, 0.29) is 17.9 Å². The van der Waals surface area contributed by atoms with E-state index >= 15 is 0 Å². The molecule has 3 heterocycles. The monoisotopic (exact) mass is 444 g/mol. The molecule has 3 rings (SSSR count). The van der Waals surface area contributed by atoms with Gasteiger partial charge in [-0.3, -0.25) is 14.0 Å². The summed E-state index contributed by atoms with van der Waals surface area (Å²) in [6.45, 7) is 15.9. The molecule has 0 aromatic carbocycles. The zero-order chi connectivity index (χ0) is 24.1. The van der Waals surface area contributed by atoms with Gasteiger partial charge in [-0.05, 0) is 30.9 Å². The molecular formula is C25H40N4O3. The Labute approximate surface area is 192 Å². The average Bonchev–Trinajstić information content (AvgIpc) is 3.30. The number of rotatable bonds is 6. The van der Waals surface area contributed by atoms with Crippen molar-refractivity contribution >= 4 is 23.3 Å². The first-order chi connectivity index (χ1) is 15.4. The molecule has 1 N–H and O–H groups in total.